The monoisotopic (exact) mass is 283 g/mol. The molecule has 1 unspecified atom stereocenters. The summed E-state index contributed by atoms with van der Waals surface area (Å²) in [6.07, 6.45) is 1.21. The quantitative estimate of drug-likeness (QED) is 0.471. The first-order valence-electron chi connectivity index (χ1n) is 5.90. The molecule has 6 heteroatoms. The molecule has 108 valence electrons. The normalized spacial score (nSPS) is 11.8. The largest absolute Gasteiger partial charge is 0.469 e. The van der Waals surface area contributed by atoms with Crippen molar-refractivity contribution in [3.63, 3.8) is 0 Å². The molecule has 0 aromatic heterocycles. The number of hydrogen-bond acceptors (Lipinski definition) is 4. The van der Waals surface area contributed by atoms with E-state index in [-0.39, 0.29) is 13.0 Å². The molecule has 0 aliphatic carbocycles. The van der Waals surface area contributed by atoms with Crippen LogP contribution < -0.4 is 5.32 Å². The van der Waals surface area contributed by atoms with Crippen molar-refractivity contribution < 1.29 is 23.1 Å². The molecule has 0 saturated carbocycles. The van der Waals surface area contributed by atoms with Crippen LogP contribution in [0.5, 0.6) is 0 Å². The molecular weight excluding hydrogens is 268 g/mol. The maximum Gasteiger partial charge on any atom is 0.307 e. The van der Waals surface area contributed by atoms with Crippen LogP contribution in [0.3, 0.4) is 0 Å². The molecule has 0 fully saturated rings. The number of rotatable bonds is 7. The third kappa shape index (κ3) is 4.24. The summed E-state index contributed by atoms with van der Waals surface area (Å²) >= 11 is 0. The van der Waals surface area contributed by atoms with Gasteiger partial charge < -0.3 is 10.1 Å². The van der Waals surface area contributed by atoms with E-state index in [1.54, 1.807) is 0 Å². The Morgan fingerprint density at radius 3 is 2.75 bits per heavy atom. The molecule has 0 aliphatic rings. The van der Waals surface area contributed by atoms with Gasteiger partial charge in [0.25, 0.3) is 0 Å². The molecule has 0 amide bonds. The van der Waals surface area contributed by atoms with Crippen molar-refractivity contribution in [1.29, 1.82) is 0 Å². The number of esters is 1. The minimum Gasteiger partial charge on any atom is -0.469 e. The fourth-order valence-corrected chi connectivity index (χ4v) is 1.61. The van der Waals surface area contributed by atoms with E-state index in [0.717, 1.165) is 18.2 Å². The van der Waals surface area contributed by atoms with E-state index in [1.807, 2.05) is 0 Å². The van der Waals surface area contributed by atoms with Gasteiger partial charge >= 0.3 is 5.97 Å². The lowest BCUT2D eigenvalue weighted by Crippen LogP contribution is -2.39. The van der Waals surface area contributed by atoms with Crippen molar-refractivity contribution in [1.82, 2.24) is 5.32 Å². The third-order valence-corrected chi connectivity index (χ3v) is 2.62. The predicted molar refractivity (Wildman–Crippen MR) is 69.3 cm³/mol. The van der Waals surface area contributed by atoms with Crippen LogP contribution in [-0.4, -0.2) is 31.4 Å². The molecule has 1 rings (SSSR count). The Hall–Kier alpha value is -2.08. The highest BCUT2D eigenvalue weighted by atomic mass is 19.1. The van der Waals surface area contributed by atoms with Gasteiger partial charge in [-0.3, -0.25) is 9.59 Å². The van der Waals surface area contributed by atoms with Crippen molar-refractivity contribution >= 4 is 11.8 Å². The number of benzene rings is 1. The van der Waals surface area contributed by atoms with Gasteiger partial charge in [0.1, 0.15) is 11.6 Å². The molecule has 0 heterocycles. The Morgan fingerprint density at radius 1 is 1.45 bits per heavy atom. The number of carbonyl (C=O) groups excluding carboxylic acids is 2. The van der Waals surface area contributed by atoms with Gasteiger partial charge in [0.15, 0.2) is 5.78 Å². The molecule has 1 N–H and O–H groups in total. The van der Waals surface area contributed by atoms with Gasteiger partial charge in [0.05, 0.1) is 25.1 Å². The molecular formula is C14H15F2NO3. The molecule has 0 radical (unpaired) electrons. The SMILES string of the molecule is C=CCNC(CC(=O)OC)C(=O)c1cc(F)ccc1F. The molecule has 4 nitrogen and oxygen atoms in total. The zero-order valence-corrected chi connectivity index (χ0v) is 11.0. The first-order valence-corrected chi connectivity index (χ1v) is 5.90. The van der Waals surface area contributed by atoms with Crippen molar-refractivity contribution in [2.24, 2.45) is 0 Å². The lowest BCUT2D eigenvalue weighted by molar-refractivity contribution is -0.140. The number of carbonyl (C=O) groups is 2. The van der Waals surface area contributed by atoms with Gasteiger partial charge in [-0.2, -0.15) is 0 Å². The number of methoxy groups -OCH3 is 1. The van der Waals surface area contributed by atoms with E-state index >= 15 is 0 Å². The average molecular weight is 283 g/mol. The minimum atomic E-state index is -1.00. The molecule has 1 aromatic rings. The number of nitrogens with one attached hydrogen (secondary N) is 1. The fraction of sp³-hybridized carbons (Fsp3) is 0.286. The van der Waals surface area contributed by atoms with E-state index in [2.05, 4.69) is 16.6 Å². The zero-order valence-electron chi connectivity index (χ0n) is 11.0. The van der Waals surface area contributed by atoms with Crippen LogP contribution in [0, 0.1) is 11.6 Å². The standard InChI is InChI=1S/C14H15F2NO3/c1-3-6-17-12(8-13(18)20-2)14(19)10-7-9(15)4-5-11(10)16/h3-5,7,12,17H,1,6,8H2,2H3. The second-order valence-corrected chi connectivity index (χ2v) is 4.02. The Kier molecular flexibility index (Phi) is 5.99. The van der Waals surface area contributed by atoms with E-state index < -0.39 is 35.0 Å². The van der Waals surface area contributed by atoms with Crippen LogP contribution in [0.2, 0.25) is 0 Å². The molecule has 20 heavy (non-hydrogen) atoms. The smallest absolute Gasteiger partial charge is 0.307 e. The first-order chi connectivity index (χ1) is 9.49. The summed E-state index contributed by atoms with van der Waals surface area (Å²) < 4.78 is 31.2. The number of halogens is 2. The Morgan fingerprint density at radius 2 is 2.15 bits per heavy atom. The molecule has 0 bridgehead atoms. The fourth-order valence-electron chi connectivity index (χ4n) is 1.61. The summed E-state index contributed by atoms with van der Waals surface area (Å²) in [5, 5.41) is 2.72. The van der Waals surface area contributed by atoms with Crippen LogP contribution in [0.1, 0.15) is 16.8 Å². The summed E-state index contributed by atoms with van der Waals surface area (Å²) in [4.78, 5) is 23.4. The van der Waals surface area contributed by atoms with Crippen LogP contribution >= 0.6 is 0 Å². The maximum absolute atomic E-state index is 13.6. The number of Topliss-reactive ketones (excluding diaryl/α,β-unsaturated/α-hetero) is 1. The van der Waals surface area contributed by atoms with Gasteiger partial charge in [-0.1, -0.05) is 6.08 Å². The minimum absolute atomic E-state index is 0.240. The number of ketones is 1. The van der Waals surface area contributed by atoms with Crippen LogP contribution in [0.15, 0.2) is 30.9 Å². The van der Waals surface area contributed by atoms with Gasteiger partial charge in [-0.25, -0.2) is 8.78 Å². The topological polar surface area (TPSA) is 55.4 Å². The average Bonchev–Trinajstić information content (AvgIpc) is 2.44. The molecule has 1 aromatic carbocycles. The lowest BCUT2D eigenvalue weighted by atomic mass is 10.0. The highest BCUT2D eigenvalue weighted by Crippen LogP contribution is 2.14. The van der Waals surface area contributed by atoms with Gasteiger partial charge in [0, 0.05) is 6.54 Å². The van der Waals surface area contributed by atoms with Gasteiger partial charge in [0.2, 0.25) is 0 Å². The molecule has 1 atom stereocenters. The molecule has 0 spiro atoms. The Labute approximate surface area is 115 Å². The Balaban J connectivity index is 2.99. The van der Waals surface area contributed by atoms with Crippen molar-refractivity contribution in [2.75, 3.05) is 13.7 Å². The first kappa shape index (κ1) is 16.0. The predicted octanol–water partition coefficient (Wildman–Crippen LogP) is 1.85. The van der Waals surface area contributed by atoms with Crippen molar-refractivity contribution in [2.45, 2.75) is 12.5 Å². The van der Waals surface area contributed by atoms with E-state index in [1.165, 1.54) is 13.2 Å². The van der Waals surface area contributed by atoms with Crippen molar-refractivity contribution in [3.05, 3.63) is 48.1 Å². The third-order valence-electron chi connectivity index (χ3n) is 2.62. The zero-order chi connectivity index (χ0) is 15.1. The molecule has 0 saturated heterocycles. The second-order valence-electron chi connectivity index (χ2n) is 4.02. The van der Waals surface area contributed by atoms with Crippen LogP contribution in [0.25, 0.3) is 0 Å². The summed E-state index contributed by atoms with van der Waals surface area (Å²) in [6.45, 7) is 3.71. The van der Waals surface area contributed by atoms with Crippen LogP contribution in [-0.2, 0) is 9.53 Å². The summed E-state index contributed by atoms with van der Waals surface area (Å²) in [5.41, 5.74) is -0.407. The number of hydrogen-bond donors (Lipinski definition) is 1. The van der Waals surface area contributed by atoms with Gasteiger partial charge in [-0.15, -0.1) is 6.58 Å². The number of ether oxygens (including phenoxy) is 1. The maximum atomic E-state index is 13.6. The van der Waals surface area contributed by atoms with E-state index in [0.29, 0.717) is 0 Å². The van der Waals surface area contributed by atoms with Crippen molar-refractivity contribution in [3.8, 4) is 0 Å². The highest BCUT2D eigenvalue weighted by Gasteiger charge is 2.25. The molecule has 0 aliphatic heterocycles. The summed E-state index contributed by atoms with van der Waals surface area (Å²) in [6, 6.07) is 1.58. The van der Waals surface area contributed by atoms with Gasteiger partial charge in [-0.05, 0) is 18.2 Å². The van der Waals surface area contributed by atoms with E-state index in [9.17, 15) is 18.4 Å². The Bertz CT molecular complexity index is 517. The summed E-state index contributed by atoms with van der Waals surface area (Å²) in [5.74, 6) is -2.91. The van der Waals surface area contributed by atoms with E-state index in [4.69, 9.17) is 0 Å². The lowest BCUT2D eigenvalue weighted by Gasteiger charge is -2.16. The highest BCUT2D eigenvalue weighted by molar-refractivity contribution is 6.02. The second kappa shape index (κ2) is 7.49. The summed E-state index contributed by atoms with van der Waals surface area (Å²) in [7, 11) is 1.18. The van der Waals surface area contributed by atoms with Crippen LogP contribution in [0.4, 0.5) is 8.78 Å².